The average molecular weight is 755 g/mol. The van der Waals surface area contributed by atoms with Crippen LogP contribution in [0.3, 0.4) is 0 Å². The van der Waals surface area contributed by atoms with Crippen LogP contribution in [0.5, 0.6) is 11.5 Å². The standard InChI is InChI=1S/C45H61N3O7/c1-2-3-5-8-28-11-12-30(41(51)20-28)9-6-4-7-10-38(44(53)54)43(52)31-13-15-39-32(19-29-17-18-47-42(46)21-29)22-34(45(39,55)27-31)25-35-14-16-40(48-35)33-23-36(49)26-37(50)24-33/h11-18,21,23-24,26,28,30-32,34,38-39,41,43,48-52,55H,2-10,19-20,22,25,27H2,1H3,(H2,46,47)(H,53,54)/p-1. The number of pyridine rings is 1. The molecule has 2 heterocycles. The molecule has 0 bridgehead atoms. The molecule has 10 nitrogen and oxygen atoms in total. The summed E-state index contributed by atoms with van der Waals surface area (Å²) in [6, 6.07) is 11.8. The molecule has 0 aliphatic heterocycles. The molecule has 1 fully saturated rings. The van der Waals surface area contributed by atoms with Crippen LogP contribution in [0.15, 0.2) is 73.0 Å². The number of carboxylic acid groups (broad SMARTS) is 1. The number of allylic oxidation sites excluding steroid dienone is 1. The molecule has 55 heavy (non-hydrogen) atoms. The number of unbranched alkanes of at least 4 members (excludes halogenated alkanes) is 4. The number of nitrogens with zero attached hydrogens (tertiary/aromatic N) is 1. The van der Waals surface area contributed by atoms with Crippen molar-refractivity contribution in [3.05, 3.63) is 84.2 Å². The van der Waals surface area contributed by atoms with Crippen molar-refractivity contribution in [1.82, 2.24) is 9.97 Å². The van der Waals surface area contributed by atoms with E-state index in [1.165, 1.54) is 37.5 Å². The summed E-state index contributed by atoms with van der Waals surface area (Å²) >= 11 is 0. The number of aliphatic carboxylic acids is 1. The van der Waals surface area contributed by atoms with E-state index in [1.54, 1.807) is 6.20 Å². The van der Waals surface area contributed by atoms with E-state index in [1.807, 2.05) is 36.4 Å². The second kappa shape index (κ2) is 18.2. The predicted molar refractivity (Wildman–Crippen MR) is 212 cm³/mol. The van der Waals surface area contributed by atoms with Crippen LogP contribution in [0.4, 0.5) is 5.82 Å². The second-order valence-electron chi connectivity index (χ2n) is 16.8. The van der Waals surface area contributed by atoms with Crippen LogP contribution in [0, 0.1) is 41.4 Å². The summed E-state index contributed by atoms with van der Waals surface area (Å²) in [5, 5.41) is 67.4. The zero-order chi connectivity index (χ0) is 39.1. The highest BCUT2D eigenvalue weighted by Crippen LogP contribution is 2.54. The van der Waals surface area contributed by atoms with E-state index in [2.05, 4.69) is 29.0 Å². The fourth-order valence-corrected chi connectivity index (χ4v) is 9.90. The predicted octanol–water partition coefficient (Wildman–Crippen LogP) is 6.93. The van der Waals surface area contributed by atoms with E-state index in [9.17, 15) is 35.4 Å². The zero-order valence-electron chi connectivity index (χ0n) is 32.1. The first-order chi connectivity index (χ1) is 26.4. The number of aromatic nitrogens is 2. The Morgan fingerprint density at radius 1 is 1.00 bits per heavy atom. The van der Waals surface area contributed by atoms with Gasteiger partial charge in [0.1, 0.15) is 11.6 Å². The maximum atomic E-state index is 12.7. The fraction of sp³-hybridized carbons (Fsp3) is 0.556. The molecule has 10 unspecified atom stereocenters. The average Bonchev–Trinajstić information content (AvgIpc) is 3.71. The van der Waals surface area contributed by atoms with Gasteiger partial charge in [0, 0.05) is 40.9 Å². The number of aliphatic hydroxyl groups is 3. The number of nitrogen functional groups attached to an aromatic ring is 1. The Labute approximate surface area is 325 Å². The first kappa shape index (κ1) is 40.5. The molecule has 10 heteroatoms. The van der Waals surface area contributed by atoms with E-state index in [0.717, 1.165) is 43.4 Å². The summed E-state index contributed by atoms with van der Waals surface area (Å²) in [6.07, 6.45) is 19.9. The summed E-state index contributed by atoms with van der Waals surface area (Å²) < 4.78 is 0. The lowest BCUT2D eigenvalue weighted by Crippen LogP contribution is -2.48. The molecule has 0 radical (unpaired) electrons. The number of nitrogens with one attached hydrogen (secondary N) is 1. The topological polar surface area (TPSA) is 196 Å². The monoisotopic (exact) mass is 754 g/mol. The molecule has 10 atom stereocenters. The number of carbonyl (C=O) groups is 1. The molecular formula is C45H60N3O7-. The quantitative estimate of drug-likeness (QED) is 0.0532. The minimum absolute atomic E-state index is 0.0782. The van der Waals surface area contributed by atoms with Gasteiger partial charge >= 0.3 is 5.97 Å². The van der Waals surface area contributed by atoms with E-state index in [4.69, 9.17) is 5.73 Å². The van der Waals surface area contributed by atoms with Crippen molar-refractivity contribution in [1.29, 1.82) is 0 Å². The number of aromatic amines is 1. The van der Waals surface area contributed by atoms with Gasteiger partial charge in [0.2, 0.25) is 0 Å². The number of fused-ring (bicyclic) bond motifs is 1. The van der Waals surface area contributed by atoms with Crippen LogP contribution in [-0.4, -0.2) is 59.3 Å². The summed E-state index contributed by atoms with van der Waals surface area (Å²) in [7, 11) is 0. The number of phenols is 1. The molecule has 3 aromatic rings. The van der Waals surface area contributed by atoms with Crippen molar-refractivity contribution >= 4 is 11.8 Å². The number of phenolic OH excluding ortho intramolecular Hbond substituents is 1. The lowest BCUT2D eigenvalue weighted by atomic mass is 9.68. The Balaban J connectivity index is 1.10. The Morgan fingerprint density at radius 3 is 2.56 bits per heavy atom. The van der Waals surface area contributed by atoms with Crippen LogP contribution in [0.1, 0.15) is 95.2 Å². The summed E-state index contributed by atoms with van der Waals surface area (Å²) in [5.74, 6) is -2.23. The van der Waals surface area contributed by atoms with Crippen molar-refractivity contribution in [3.63, 3.8) is 0 Å². The number of hydrogen-bond acceptors (Lipinski definition) is 8. The molecule has 0 amide bonds. The van der Waals surface area contributed by atoms with E-state index in [-0.39, 0.29) is 47.7 Å². The van der Waals surface area contributed by atoms with Gasteiger partial charge < -0.3 is 41.4 Å². The molecule has 0 saturated heterocycles. The van der Waals surface area contributed by atoms with Crippen molar-refractivity contribution in [2.75, 3.05) is 5.73 Å². The SMILES string of the molecule is CCCCCC1C=CC(CCCCCC(C(=O)O)C(O)C2C=CC3C(Cc4ccnc(N)c4)CC(Cc4ccc(-c5cc([O-])cc(O)c5)[nH]4)C3(O)C2)C(O)C1. The number of hydrogen-bond donors (Lipinski definition) is 7. The summed E-state index contributed by atoms with van der Waals surface area (Å²) in [4.78, 5) is 20.1. The van der Waals surface area contributed by atoms with Gasteiger partial charge in [-0.15, -0.1) is 5.75 Å². The van der Waals surface area contributed by atoms with Crippen LogP contribution in [0.2, 0.25) is 0 Å². The molecule has 1 aromatic carbocycles. The van der Waals surface area contributed by atoms with Crippen molar-refractivity contribution in [3.8, 4) is 22.8 Å². The molecule has 6 rings (SSSR count). The minimum atomic E-state index is -1.20. The molecule has 298 valence electrons. The normalized spacial score (nSPS) is 28.5. The van der Waals surface area contributed by atoms with Gasteiger partial charge in [-0.3, -0.25) is 4.79 Å². The third-order valence-electron chi connectivity index (χ3n) is 12.8. The van der Waals surface area contributed by atoms with Crippen molar-refractivity contribution in [2.45, 2.75) is 115 Å². The van der Waals surface area contributed by atoms with E-state index in [0.29, 0.717) is 55.1 Å². The number of benzene rings is 1. The third-order valence-corrected chi connectivity index (χ3v) is 12.8. The Morgan fingerprint density at radius 2 is 1.82 bits per heavy atom. The number of anilines is 1. The van der Waals surface area contributed by atoms with Gasteiger partial charge in [-0.2, -0.15) is 0 Å². The van der Waals surface area contributed by atoms with Crippen molar-refractivity contribution < 1.29 is 35.4 Å². The zero-order valence-corrected chi connectivity index (χ0v) is 32.1. The van der Waals surface area contributed by atoms with E-state index >= 15 is 0 Å². The Bertz CT molecular complexity index is 1770. The molecule has 2 aromatic heterocycles. The maximum Gasteiger partial charge on any atom is 0.309 e. The molecule has 0 spiro atoms. The Hall–Kier alpha value is -4.12. The van der Waals surface area contributed by atoms with Gasteiger partial charge in [-0.25, -0.2) is 4.98 Å². The lowest BCUT2D eigenvalue weighted by molar-refractivity contribution is -0.268. The second-order valence-corrected chi connectivity index (χ2v) is 16.8. The fourth-order valence-electron chi connectivity index (χ4n) is 9.90. The number of H-pyrrole nitrogens is 1. The first-order valence-electron chi connectivity index (χ1n) is 20.5. The van der Waals surface area contributed by atoms with Crippen LogP contribution in [0.25, 0.3) is 11.3 Å². The van der Waals surface area contributed by atoms with Gasteiger partial charge in [0.25, 0.3) is 0 Å². The number of nitrogens with two attached hydrogens (primary N) is 1. The van der Waals surface area contributed by atoms with Gasteiger partial charge in [-0.05, 0) is 111 Å². The maximum absolute atomic E-state index is 12.7. The highest BCUT2D eigenvalue weighted by Gasteiger charge is 2.55. The van der Waals surface area contributed by atoms with Gasteiger partial charge in [-0.1, -0.05) is 75.8 Å². The van der Waals surface area contributed by atoms with Crippen LogP contribution >= 0.6 is 0 Å². The number of aliphatic hydroxyl groups excluding tert-OH is 2. The Kier molecular flexibility index (Phi) is 13.4. The third kappa shape index (κ3) is 10.0. The molecule has 3 aliphatic carbocycles. The molecular weight excluding hydrogens is 695 g/mol. The lowest BCUT2D eigenvalue weighted by Gasteiger charge is -2.42. The molecule has 1 saturated carbocycles. The summed E-state index contributed by atoms with van der Waals surface area (Å²) in [5.41, 5.74) is 7.97. The van der Waals surface area contributed by atoms with Gasteiger partial charge in [0.05, 0.1) is 23.7 Å². The highest BCUT2D eigenvalue weighted by molar-refractivity contribution is 5.70. The van der Waals surface area contributed by atoms with Crippen molar-refractivity contribution in [2.24, 2.45) is 41.4 Å². The summed E-state index contributed by atoms with van der Waals surface area (Å²) in [6.45, 7) is 2.20. The first-order valence-corrected chi connectivity index (χ1v) is 20.5. The number of carboxylic acids is 1. The molecule has 8 N–H and O–H groups in total. The largest absolute Gasteiger partial charge is 0.872 e. The minimum Gasteiger partial charge on any atom is -0.872 e. The van der Waals surface area contributed by atoms with Gasteiger partial charge in [0.15, 0.2) is 0 Å². The smallest absolute Gasteiger partial charge is 0.309 e. The molecule has 3 aliphatic rings. The van der Waals surface area contributed by atoms with Crippen LogP contribution < -0.4 is 10.8 Å². The number of rotatable bonds is 18. The number of aromatic hydroxyl groups is 1. The van der Waals surface area contributed by atoms with Crippen LogP contribution in [-0.2, 0) is 17.6 Å². The van der Waals surface area contributed by atoms with E-state index < -0.39 is 29.5 Å². The highest BCUT2D eigenvalue weighted by atomic mass is 16.4.